The number of carbonyl (C=O) groups is 1. The van der Waals surface area contributed by atoms with Crippen LogP contribution in [-0.4, -0.2) is 30.8 Å². The fourth-order valence-electron chi connectivity index (χ4n) is 2.04. The molecule has 0 saturated carbocycles. The molecule has 1 aromatic rings. The summed E-state index contributed by atoms with van der Waals surface area (Å²) in [5.41, 5.74) is 0.598. The van der Waals surface area contributed by atoms with Gasteiger partial charge in [-0.3, -0.25) is 0 Å². The summed E-state index contributed by atoms with van der Waals surface area (Å²) in [5.74, 6) is -0.538. The van der Waals surface area contributed by atoms with Crippen molar-refractivity contribution < 1.29 is 19.1 Å². The van der Waals surface area contributed by atoms with E-state index in [1.807, 2.05) is 0 Å². The lowest BCUT2D eigenvalue weighted by Gasteiger charge is -2.22. The Kier molecular flexibility index (Phi) is 4.17. The number of hydrogen-bond donors (Lipinski definition) is 2. The molecule has 1 aliphatic rings. The van der Waals surface area contributed by atoms with Crippen LogP contribution in [0.3, 0.4) is 0 Å². The van der Waals surface area contributed by atoms with Crippen LogP contribution in [0.4, 0.5) is 0 Å². The Labute approximate surface area is 99.8 Å². The number of carboxylic acid groups (broad SMARTS) is 1. The zero-order chi connectivity index (χ0) is 12.1. The topological polar surface area (TPSA) is 71.7 Å². The van der Waals surface area contributed by atoms with Gasteiger partial charge in [0.15, 0.2) is 0 Å². The SMILES string of the molecule is O=C(O)c1occc1COCC1CCCNC1. The van der Waals surface area contributed by atoms with Gasteiger partial charge in [-0.1, -0.05) is 0 Å². The number of hydrogen-bond acceptors (Lipinski definition) is 4. The number of carboxylic acids is 1. The van der Waals surface area contributed by atoms with Gasteiger partial charge in [-0.05, 0) is 31.4 Å². The molecule has 2 rings (SSSR count). The lowest BCUT2D eigenvalue weighted by atomic mass is 10.0. The Hall–Kier alpha value is -1.33. The molecular weight excluding hydrogens is 222 g/mol. The lowest BCUT2D eigenvalue weighted by molar-refractivity contribution is 0.0627. The fourth-order valence-corrected chi connectivity index (χ4v) is 2.04. The molecule has 17 heavy (non-hydrogen) atoms. The highest BCUT2D eigenvalue weighted by atomic mass is 16.5. The zero-order valence-electron chi connectivity index (χ0n) is 9.65. The lowest BCUT2D eigenvalue weighted by Crippen LogP contribution is -2.32. The van der Waals surface area contributed by atoms with Gasteiger partial charge in [0.1, 0.15) is 0 Å². The Morgan fingerprint density at radius 2 is 2.53 bits per heavy atom. The minimum atomic E-state index is -1.05. The van der Waals surface area contributed by atoms with Gasteiger partial charge in [0.05, 0.1) is 19.5 Å². The van der Waals surface area contributed by atoms with Gasteiger partial charge >= 0.3 is 5.97 Å². The summed E-state index contributed by atoms with van der Waals surface area (Å²) in [6, 6.07) is 1.64. The molecule has 94 valence electrons. The molecule has 0 aromatic carbocycles. The molecular formula is C12H17NO4. The van der Waals surface area contributed by atoms with Crippen molar-refractivity contribution in [2.75, 3.05) is 19.7 Å². The molecule has 1 aliphatic heterocycles. The second-order valence-electron chi connectivity index (χ2n) is 4.31. The quantitative estimate of drug-likeness (QED) is 0.814. The first kappa shape index (κ1) is 12.1. The highest BCUT2D eigenvalue weighted by molar-refractivity contribution is 5.85. The predicted molar refractivity (Wildman–Crippen MR) is 60.9 cm³/mol. The van der Waals surface area contributed by atoms with Gasteiger partial charge in [-0.2, -0.15) is 0 Å². The van der Waals surface area contributed by atoms with Gasteiger partial charge in [0.25, 0.3) is 0 Å². The summed E-state index contributed by atoms with van der Waals surface area (Å²) in [6.45, 7) is 3.03. The Bertz CT molecular complexity index is 368. The van der Waals surface area contributed by atoms with Crippen LogP contribution in [0.15, 0.2) is 16.7 Å². The van der Waals surface area contributed by atoms with Crippen molar-refractivity contribution in [3.8, 4) is 0 Å². The molecule has 2 N–H and O–H groups in total. The van der Waals surface area contributed by atoms with Gasteiger partial charge in [-0.15, -0.1) is 0 Å². The maximum absolute atomic E-state index is 10.8. The Balaban J connectivity index is 1.77. The van der Waals surface area contributed by atoms with E-state index in [1.165, 1.54) is 19.1 Å². The molecule has 1 saturated heterocycles. The molecule has 5 heteroatoms. The van der Waals surface area contributed by atoms with Crippen molar-refractivity contribution >= 4 is 5.97 Å². The maximum Gasteiger partial charge on any atom is 0.372 e. The number of furan rings is 1. The van der Waals surface area contributed by atoms with Crippen molar-refractivity contribution in [2.24, 2.45) is 5.92 Å². The molecule has 1 unspecified atom stereocenters. The molecule has 2 heterocycles. The van der Waals surface area contributed by atoms with Crippen molar-refractivity contribution in [3.05, 3.63) is 23.7 Å². The molecule has 1 atom stereocenters. The van der Waals surface area contributed by atoms with E-state index in [0.29, 0.717) is 24.7 Å². The van der Waals surface area contributed by atoms with E-state index in [4.69, 9.17) is 14.3 Å². The first-order chi connectivity index (χ1) is 8.27. The predicted octanol–water partition coefficient (Wildman–Crippen LogP) is 1.49. The Morgan fingerprint density at radius 1 is 1.65 bits per heavy atom. The third-order valence-electron chi connectivity index (χ3n) is 2.95. The van der Waals surface area contributed by atoms with Crippen LogP contribution in [0, 0.1) is 5.92 Å². The van der Waals surface area contributed by atoms with Crippen LogP contribution in [0.25, 0.3) is 0 Å². The largest absolute Gasteiger partial charge is 0.475 e. The van der Waals surface area contributed by atoms with Crippen LogP contribution >= 0.6 is 0 Å². The molecule has 0 bridgehead atoms. The second kappa shape index (κ2) is 5.84. The minimum Gasteiger partial charge on any atom is -0.475 e. The monoisotopic (exact) mass is 239 g/mol. The summed E-state index contributed by atoms with van der Waals surface area (Å²) < 4.78 is 10.4. The van der Waals surface area contributed by atoms with E-state index in [2.05, 4.69) is 5.32 Å². The maximum atomic E-state index is 10.8. The van der Waals surface area contributed by atoms with Crippen LogP contribution < -0.4 is 5.32 Å². The van der Waals surface area contributed by atoms with Crippen molar-refractivity contribution in [3.63, 3.8) is 0 Å². The molecule has 0 spiro atoms. The Morgan fingerprint density at radius 3 is 3.24 bits per heavy atom. The van der Waals surface area contributed by atoms with Crippen LogP contribution in [0.2, 0.25) is 0 Å². The van der Waals surface area contributed by atoms with Gasteiger partial charge in [-0.25, -0.2) is 4.79 Å². The van der Waals surface area contributed by atoms with E-state index in [9.17, 15) is 4.79 Å². The summed E-state index contributed by atoms with van der Waals surface area (Å²) in [7, 11) is 0. The summed E-state index contributed by atoms with van der Waals surface area (Å²) in [5, 5.41) is 12.2. The van der Waals surface area contributed by atoms with E-state index >= 15 is 0 Å². The highest BCUT2D eigenvalue weighted by Crippen LogP contribution is 2.14. The molecule has 1 aromatic heterocycles. The van der Waals surface area contributed by atoms with Gasteiger partial charge < -0.3 is 19.6 Å². The van der Waals surface area contributed by atoms with Gasteiger partial charge in [0.2, 0.25) is 5.76 Å². The first-order valence-corrected chi connectivity index (χ1v) is 5.85. The van der Waals surface area contributed by atoms with E-state index in [1.54, 1.807) is 6.07 Å². The van der Waals surface area contributed by atoms with Gasteiger partial charge in [0, 0.05) is 12.1 Å². The van der Waals surface area contributed by atoms with Crippen molar-refractivity contribution in [2.45, 2.75) is 19.4 Å². The average Bonchev–Trinajstić information content (AvgIpc) is 2.79. The fraction of sp³-hybridized carbons (Fsp3) is 0.583. The summed E-state index contributed by atoms with van der Waals surface area (Å²) >= 11 is 0. The third-order valence-corrected chi connectivity index (χ3v) is 2.95. The highest BCUT2D eigenvalue weighted by Gasteiger charge is 2.16. The van der Waals surface area contributed by atoms with E-state index < -0.39 is 5.97 Å². The summed E-state index contributed by atoms with van der Waals surface area (Å²) in [4.78, 5) is 10.8. The van der Waals surface area contributed by atoms with Crippen LogP contribution in [0.5, 0.6) is 0 Å². The molecule has 0 radical (unpaired) electrons. The van der Waals surface area contributed by atoms with Crippen LogP contribution in [-0.2, 0) is 11.3 Å². The van der Waals surface area contributed by atoms with Crippen molar-refractivity contribution in [1.29, 1.82) is 0 Å². The number of nitrogens with one attached hydrogen (secondary N) is 1. The normalized spacial score (nSPS) is 20.4. The zero-order valence-corrected chi connectivity index (χ0v) is 9.65. The van der Waals surface area contributed by atoms with E-state index in [-0.39, 0.29) is 5.76 Å². The molecule has 5 nitrogen and oxygen atoms in total. The van der Waals surface area contributed by atoms with E-state index in [0.717, 1.165) is 13.1 Å². The first-order valence-electron chi connectivity index (χ1n) is 5.85. The second-order valence-corrected chi connectivity index (χ2v) is 4.31. The average molecular weight is 239 g/mol. The molecule has 1 fully saturated rings. The third kappa shape index (κ3) is 3.31. The number of ether oxygens (including phenoxy) is 1. The smallest absolute Gasteiger partial charge is 0.372 e. The summed E-state index contributed by atoms with van der Waals surface area (Å²) in [6.07, 6.45) is 3.73. The number of aromatic carboxylic acids is 1. The standard InChI is InChI=1S/C12H17NO4/c14-12(15)11-10(3-5-17-11)8-16-7-9-2-1-4-13-6-9/h3,5,9,13H,1-2,4,6-8H2,(H,14,15). The molecule has 0 aliphatic carbocycles. The number of rotatable bonds is 5. The van der Waals surface area contributed by atoms with Crippen LogP contribution in [0.1, 0.15) is 29.0 Å². The molecule has 0 amide bonds. The number of piperidine rings is 1. The van der Waals surface area contributed by atoms with Crippen molar-refractivity contribution in [1.82, 2.24) is 5.32 Å². The minimum absolute atomic E-state index is 0.0215.